The van der Waals surface area contributed by atoms with E-state index in [2.05, 4.69) is 12.2 Å². The molecule has 0 fully saturated rings. The summed E-state index contributed by atoms with van der Waals surface area (Å²) in [6, 6.07) is 4.64. The third kappa shape index (κ3) is 4.08. The van der Waals surface area contributed by atoms with E-state index in [0.29, 0.717) is 18.5 Å². The number of halogens is 2. The fraction of sp³-hybridized carbons (Fsp3) is 0.500. The molecule has 0 bridgehead atoms. The van der Waals surface area contributed by atoms with Crippen LogP contribution >= 0.6 is 11.6 Å². The molecule has 0 aromatic heterocycles. The Morgan fingerprint density at radius 1 is 1.50 bits per heavy atom. The number of aliphatic hydroxyl groups is 1. The number of hydrogen-bond donors (Lipinski definition) is 2. The Hall–Kier alpha value is -0.640. The molecule has 1 rings (SSSR count). The summed E-state index contributed by atoms with van der Waals surface area (Å²) >= 11 is 5.79. The molecule has 0 aliphatic carbocycles. The molecule has 90 valence electrons. The topological polar surface area (TPSA) is 32.3 Å². The molecule has 0 radical (unpaired) electrons. The zero-order valence-corrected chi connectivity index (χ0v) is 10.1. The third-order valence-corrected chi connectivity index (χ3v) is 2.72. The quantitative estimate of drug-likeness (QED) is 0.755. The minimum Gasteiger partial charge on any atom is -0.391 e. The van der Waals surface area contributed by atoms with E-state index >= 15 is 0 Å². The lowest BCUT2D eigenvalue weighted by Gasteiger charge is -2.12. The number of benzene rings is 1. The van der Waals surface area contributed by atoms with Crippen molar-refractivity contribution in [1.82, 2.24) is 5.32 Å². The third-order valence-electron chi connectivity index (χ3n) is 2.29. The van der Waals surface area contributed by atoms with Gasteiger partial charge in [-0.15, -0.1) is 0 Å². The summed E-state index contributed by atoms with van der Waals surface area (Å²) in [7, 11) is 0. The number of rotatable bonds is 6. The Morgan fingerprint density at radius 2 is 2.25 bits per heavy atom. The van der Waals surface area contributed by atoms with Gasteiger partial charge in [0.2, 0.25) is 0 Å². The first kappa shape index (κ1) is 13.4. The van der Waals surface area contributed by atoms with Crippen LogP contribution in [0, 0.1) is 5.82 Å². The molecular formula is C12H17ClFNO. The lowest BCUT2D eigenvalue weighted by molar-refractivity contribution is 0.172. The smallest absolute Gasteiger partial charge is 0.142 e. The van der Waals surface area contributed by atoms with Crippen LogP contribution in [0.4, 0.5) is 4.39 Å². The second kappa shape index (κ2) is 6.84. The SMILES string of the molecule is CCCNCC(O)Cc1cccc(F)c1Cl. The summed E-state index contributed by atoms with van der Waals surface area (Å²) in [5, 5.41) is 12.9. The van der Waals surface area contributed by atoms with Crippen LogP contribution in [0.1, 0.15) is 18.9 Å². The van der Waals surface area contributed by atoms with Crippen molar-refractivity contribution in [3.05, 3.63) is 34.6 Å². The molecule has 1 atom stereocenters. The van der Waals surface area contributed by atoms with Crippen LogP contribution in [0.25, 0.3) is 0 Å². The van der Waals surface area contributed by atoms with Gasteiger partial charge in [0.15, 0.2) is 0 Å². The summed E-state index contributed by atoms with van der Waals surface area (Å²) in [6.45, 7) is 3.43. The Balaban J connectivity index is 2.49. The van der Waals surface area contributed by atoms with E-state index in [1.807, 2.05) is 0 Å². The number of nitrogens with one attached hydrogen (secondary N) is 1. The molecule has 0 saturated heterocycles. The first-order valence-corrected chi connectivity index (χ1v) is 5.84. The molecule has 4 heteroatoms. The number of aliphatic hydroxyl groups excluding tert-OH is 1. The molecule has 2 nitrogen and oxygen atoms in total. The fourth-order valence-electron chi connectivity index (χ4n) is 1.48. The fourth-order valence-corrected chi connectivity index (χ4v) is 1.68. The highest BCUT2D eigenvalue weighted by atomic mass is 35.5. The van der Waals surface area contributed by atoms with E-state index in [9.17, 15) is 9.50 Å². The van der Waals surface area contributed by atoms with Crippen molar-refractivity contribution in [2.24, 2.45) is 0 Å². The number of hydrogen-bond acceptors (Lipinski definition) is 2. The van der Waals surface area contributed by atoms with Gasteiger partial charge in [-0.2, -0.15) is 0 Å². The van der Waals surface area contributed by atoms with Crippen molar-refractivity contribution in [2.75, 3.05) is 13.1 Å². The van der Waals surface area contributed by atoms with Crippen LogP contribution < -0.4 is 5.32 Å². The Morgan fingerprint density at radius 3 is 2.94 bits per heavy atom. The van der Waals surface area contributed by atoms with Gasteiger partial charge in [-0.1, -0.05) is 30.7 Å². The first-order chi connectivity index (χ1) is 7.65. The second-order valence-corrected chi connectivity index (χ2v) is 4.15. The first-order valence-electron chi connectivity index (χ1n) is 5.46. The van der Waals surface area contributed by atoms with Crippen LogP contribution in [0.15, 0.2) is 18.2 Å². The molecule has 16 heavy (non-hydrogen) atoms. The van der Waals surface area contributed by atoms with Gasteiger partial charge >= 0.3 is 0 Å². The molecule has 0 aliphatic heterocycles. The van der Waals surface area contributed by atoms with Gasteiger partial charge in [0, 0.05) is 13.0 Å². The molecule has 0 aliphatic rings. The van der Waals surface area contributed by atoms with Crippen LogP contribution in [-0.2, 0) is 6.42 Å². The normalized spacial score (nSPS) is 12.8. The van der Waals surface area contributed by atoms with Crippen molar-refractivity contribution < 1.29 is 9.50 Å². The largest absolute Gasteiger partial charge is 0.391 e. The zero-order valence-electron chi connectivity index (χ0n) is 9.34. The molecule has 1 unspecified atom stereocenters. The monoisotopic (exact) mass is 245 g/mol. The average Bonchev–Trinajstić information content (AvgIpc) is 2.25. The minimum atomic E-state index is -0.536. The highest BCUT2D eigenvalue weighted by molar-refractivity contribution is 6.31. The van der Waals surface area contributed by atoms with Gasteiger partial charge in [-0.25, -0.2) is 4.39 Å². The summed E-state index contributed by atoms with van der Waals surface area (Å²) in [4.78, 5) is 0. The lowest BCUT2D eigenvalue weighted by atomic mass is 10.1. The summed E-state index contributed by atoms with van der Waals surface area (Å²) in [6.07, 6.45) is 0.853. The van der Waals surface area contributed by atoms with Crippen molar-refractivity contribution in [3.8, 4) is 0 Å². The predicted octanol–water partition coefficient (Wildman–Crippen LogP) is 2.38. The van der Waals surface area contributed by atoms with Crippen LogP contribution in [-0.4, -0.2) is 24.3 Å². The van der Waals surface area contributed by atoms with Crippen LogP contribution in [0.2, 0.25) is 5.02 Å². The van der Waals surface area contributed by atoms with Gasteiger partial charge in [-0.3, -0.25) is 0 Å². The lowest BCUT2D eigenvalue weighted by Crippen LogP contribution is -2.29. The van der Waals surface area contributed by atoms with E-state index in [4.69, 9.17) is 11.6 Å². The van der Waals surface area contributed by atoms with Crippen molar-refractivity contribution >= 4 is 11.6 Å². The maximum Gasteiger partial charge on any atom is 0.142 e. The van der Waals surface area contributed by atoms with Crippen molar-refractivity contribution in [1.29, 1.82) is 0 Å². The van der Waals surface area contributed by atoms with Gasteiger partial charge in [0.05, 0.1) is 11.1 Å². The van der Waals surface area contributed by atoms with E-state index in [-0.39, 0.29) is 5.02 Å². The minimum absolute atomic E-state index is 0.108. The van der Waals surface area contributed by atoms with E-state index < -0.39 is 11.9 Å². The summed E-state index contributed by atoms with van der Waals surface area (Å²) in [5.74, 6) is -0.437. The van der Waals surface area contributed by atoms with Crippen LogP contribution in [0.5, 0.6) is 0 Å². The maximum atomic E-state index is 13.1. The highest BCUT2D eigenvalue weighted by Gasteiger charge is 2.10. The molecule has 0 spiro atoms. The molecule has 0 saturated carbocycles. The van der Waals surface area contributed by atoms with E-state index in [1.165, 1.54) is 6.07 Å². The summed E-state index contributed by atoms with van der Waals surface area (Å²) in [5.41, 5.74) is 0.646. The molecule has 0 heterocycles. The highest BCUT2D eigenvalue weighted by Crippen LogP contribution is 2.20. The van der Waals surface area contributed by atoms with Gasteiger partial charge in [0.1, 0.15) is 5.82 Å². The van der Waals surface area contributed by atoms with Crippen LogP contribution in [0.3, 0.4) is 0 Å². The van der Waals surface area contributed by atoms with Crippen molar-refractivity contribution in [3.63, 3.8) is 0 Å². The molecular weight excluding hydrogens is 229 g/mol. The Kier molecular flexibility index (Phi) is 5.74. The molecule has 1 aromatic carbocycles. The molecule has 2 N–H and O–H groups in total. The van der Waals surface area contributed by atoms with E-state index in [1.54, 1.807) is 12.1 Å². The standard InChI is InChI=1S/C12H17ClFNO/c1-2-6-15-8-10(16)7-9-4-3-5-11(14)12(9)13/h3-5,10,15-16H,2,6-8H2,1H3. The van der Waals surface area contributed by atoms with E-state index in [0.717, 1.165) is 13.0 Å². The van der Waals surface area contributed by atoms with Crippen molar-refractivity contribution in [2.45, 2.75) is 25.9 Å². The van der Waals surface area contributed by atoms with Gasteiger partial charge < -0.3 is 10.4 Å². The molecule has 1 aromatic rings. The van der Waals surface area contributed by atoms with Gasteiger partial charge in [-0.05, 0) is 24.6 Å². The Labute approximate surface area is 100 Å². The predicted molar refractivity (Wildman–Crippen MR) is 64.3 cm³/mol. The molecule has 0 amide bonds. The summed E-state index contributed by atoms with van der Waals surface area (Å²) < 4.78 is 13.1. The zero-order chi connectivity index (χ0) is 12.0. The Bertz CT molecular complexity index is 333. The average molecular weight is 246 g/mol. The maximum absolute atomic E-state index is 13.1. The second-order valence-electron chi connectivity index (χ2n) is 3.78. The van der Waals surface area contributed by atoms with Gasteiger partial charge in [0.25, 0.3) is 0 Å².